The molecule has 31 heavy (non-hydrogen) atoms. The molecule has 0 aliphatic heterocycles. The molecule has 0 radical (unpaired) electrons. The molecule has 1 aliphatic carbocycles. The lowest BCUT2D eigenvalue weighted by Crippen LogP contribution is -2.32. The highest BCUT2D eigenvalue weighted by Crippen LogP contribution is 2.28. The van der Waals surface area contributed by atoms with E-state index in [4.69, 9.17) is 0 Å². The Labute approximate surface area is 183 Å². The number of aromatic amines is 1. The van der Waals surface area contributed by atoms with Crippen LogP contribution in [-0.4, -0.2) is 33.6 Å². The Bertz CT molecular complexity index is 1050. The predicted molar refractivity (Wildman–Crippen MR) is 122 cm³/mol. The highest BCUT2D eigenvalue weighted by molar-refractivity contribution is 5.69. The van der Waals surface area contributed by atoms with Crippen LogP contribution in [0.5, 0.6) is 0 Å². The first-order chi connectivity index (χ1) is 14.9. The van der Waals surface area contributed by atoms with E-state index in [1.165, 1.54) is 6.07 Å². The quantitative estimate of drug-likeness (QED) is 0.665. The third-order valence-electron chi connectivity index (χ3n) is 5.36. The highest BCUT2D eigenvalue weighted by Gasteiger charge is 2.17. The van der Waals surface area contributed by atoms with Crippen molar-refractivity contribution in [1.82, 2.24) is 20.0 Å². The first-order valence-electron chi connectivity index (χ1n) is 10.3. The second-order valence-corrected chi connectivity index (χ2v) is 7.71. The third kappa shape index (κ3) is 5.52. The predicted octanol–water partition coefficient (Wildman–Crippen LogP) is 5.29. The van der Waals surface area contributed by atoms with Crippen LogP contribution in [0.1, 0.15) is 36.5 Å². The molecule has 1 aromatic heterocycles. The molecule has 5 nitrogen and oxygen atoms in total. The summed E-state index contributed by atoms with van der Waals surface area (Å²) in [6.07, 6.45) is 10.9. The van der Waals surface area contributed by atoms with Crippen molar-refractivity contribution < 1.29 is 4.39 Å². The zero-order valence-electron chi connectivity index (χ0n) is 18.3. The van der Waals surface area contributed by atoms with Gasteiger partial charge in [-0.2, -0.15) is 10.4 Å². The minimum absolute atomic E-state index is 0.227. The van der Waals surface area contributed by atoms with Gasteiger partial charge in [0.2, 0.25) is 0 Å². The van der Waals surface area contributed by atoms with Crippen LogP contribution >= 0.6 is 0 Å². The van der Waals surface area contributed by atoms with E-state index in [1.54, 1.807) is 12.3 Å². The molecule has 0 saturated heterocycles. The van der Waals surface area contributed by atoms with Crippen LogP contribution in [-0.2, 0) is 6.54 Å². The van der Waals surface area contributed by atoms with Crippen molar-refractivity contribution in [2.75, 3.05) is 13.6 Å². The number of aryl methyl sites for hydroxylation is 1. The summed E-state index contributed by atoms with van der Waals surface area (Å²) >= 11 is 0. The largest absolute Gasteiger partial charge is 0.357 e. The fraction of sp³-hybridized carbons (Fsp3) is 0.280. The number of rotatable bonds is 7. The van der Waals surface area contributed by atoms with Crippen LogP contribution in [0.15, 0.2) is 72.5 Å². The summed E-state index contributed by atoms with van der Waals surface area (Å²) in [5.74, 6) is 0.594. The zero-order chi connectivity index (χ0) is 22.4. The first kappa shape index (κ1) is 22.1. The van der Waals surface area contributed by atoms with Crippen LogP contribution in [0.4, 0.5) is 4.39 Å². The summed E-state index contributed by atoms with van der Waals surface area (Å²) in [6, 6.07) is 7.38. The molecule has 1 N–H and O–H groups in total. The minimum Gasteiger partial charge on any atom is -0.357 e. The summed E-state index contributed by atoms with van der Waals surface area (Å²) in [4.78, 5) is 4.15. The SMILES string of the molecule is C=C(N(C)Cc1cc(C)cc(F)c1)N(CC)/C1=C/C=C(/c2cn[nH]c2)C/C(C#N)=C\C1. The van der Waals surface area contributed by atoms with Crippen LogP contribution < -0.4 is 0 Å². The first-order valence-corrected chi connectivity index (χ1v) is 10.3. The van der Waals surface area contributed by atoms with E-state index in [0.29, 0.717) is 19.4 Å². The van der Waals surface area contributed by atoms with Crippen molar-refractivity contribution in [2.45, 2.75) is 33.2 Å². The molecule has 2 aromatic rings. The van der Waals surface area contributed by atoms with Gasteiger partial charge < -0.3 is 9.80 Å². The Morgan fingerprint density at radius 2 is 2.13 bits per heavy atom. The maximum atomic E-state index is 13.8. The average molecular weight is 418 g/mol. The van der Waals surface area contributed by atoms with Gasteiger partial charge in [-0.1, -0.05) is 24.8 Å². The number of aromatic nitrogens is 2. The number of hydrogen-bond acceptors (Lipinski definition) is 4. The molecule has 1 aromatic carbocycles. The number of nitriles is 1. The van der Waals surface area contributed by atoms with Gasteiger partial charge in [-0.25, -0.2) is 4.39 Å². The third-order valence-corrected chi connectivity index (χ3v) is 5.36. The summed E-state index contributed by atoms with van der Waals surface area (Å²) < 4.78 is 13.8. The molecule has 160 valence electrons. The smallest absolute Gasteiger partial charge is 0.123 e. The molecule has 0 saturated carbocycles. The van der Waals surface area contributed by atoms with Crippen LogP contribution in [0.2, 0.25) is 0 Å². The average Bonchev–Trinajstić information content (AvgIpc) is 3.24. The molecular formula is C25H28FN5. The molecule has 1 aliphatic rings. The van der Waals surface area contributed by atoms with Crippen molar-refractivity contribution in [3.05, 3.63) is 95.0 Å². The number of H-pyrrole nitrogens is 1. The molecule has 3 rings (SSSR count). The minimum atomic E-state index is -0.227. The van der Waals surface area contributed by atoms with Crippen molar-refractivity contribution in [3.63, 3.8) is 0 Å². The van der Waals surface area contributed by atoms with Gasteiger partial charge >= 0.3 is 0 Å². The van der Waals surface area contributed by atoms with Gasteiger partial charge in [-0.15, -0.1) is 0 Å². The van der Waals surface area contributed by atoms with Gasteiger partial charge in [0.1, 0.15) is 11.6 Å². The van der Waals surface area contributed by atoms with Gasteiger partial charge in [0.15, 0.2) is 0 Å². The van der Waals surface area contributed by atoms with Crippen LogP contribution in [0.3, 0.4) is 0 Å². The molecule has 0 atom stereocenters. The van der Waals surface area contributed by atoms with E-state index in [0.717, 1.165) is 45.9 Å². The monoisotopic (exact) mass is 417 g/mol. The topological polar surface area (TPSA) is 58.9 Å². The van der Waals surface area contributed by atoms with E-state index < -0.39 is 0 Å². The fourth-order valence-electron chi connectivity index (χ4n) is 3.76. The number of halogens is 1. The second-order valence-electron chi connectivity index (χ2n) is 7.71. The molecule has 0 spiro atoms. The lowest BCUT2D eigenvalue weighted by atomic mass is 9.97. The Morgan fingerprint density at radius 3 is 2.77 bits per heavy atom. The molecule has 0 fully saturated rings. The van der Waals surface area contributed by atoms with Gasteiger partial charge in [-0.3, -0.25) is 5.10 Å². The Hall–Kier alpha value is -3.59. The Kier molecular flexibility index (Phi) is 7.09. The van der Waals surface area contributed by atoms with Crippen LogP contribution in [0, 0.1) is 24.1 Å². The van der Waals surface area contributed by atoms with Crippen molar-refractivity contribution >= 4 is 5.57 Å². The van der Waals surface area contributed by atoms with E-state index >= 15 is 0 Å². The number of hydrogen-bond donors (Lipinski definition) is 1. The van der Waals surface area contributed by atoms with E-state index in [-0.39, 0.29) is 5.82 Å². The summed E-state index contributed by atoms with van der Waals surface area (Å²) in [5, 5.41) is 16.4. The maximum Gasteiger partial charge on any atom is 0.123 e. The van der Waals surface area contributed by atoms with E-state index in [1.807, 2.05) is 37.2 Å². The Balaban J connectivity index is 1.85. The van der Waals surface area contributed by atoms with Crippen LogP contribution in [0.25, 0.3) is 5.57 Å². The van der Waals surface area contributed by atoms with Gasteiger partial charge in [0, 0.05) is 56.0 Å². The Morgan fingerprint density at radius 1 is 1.32 bits per heavy atom. The maximum absolute atomic E-state index is 13.8. The molecule has 1 heterocycles. The lowest BCUT2D eigenvalue weighted by molar-refractivity contribution is 0.275. The lowest BCUT2D eigenvalue weighted by Gasteiger charge is -2.34. The normalized spacial score (nSPS) is 18.9. The molecule has 0 unspecified atom stereocenters. The summed E-state index contributed by atoms with van der Waals surface area (Å²) in [6.45, 7) is 9.54. The number of nitrogens with zero attached hydrogens (tertiary/aromatic N) is 4. The van der Waals surface area contributed by atoms with E-state index in [2.05, 4.69) is 46.8 Å². The van der Waals surface area contributed by atoms with Gasteiger partial charge in [0.05, 0.1) is 12.3 Å². The molecular weight excluding hydrogens is 389 g/mol. The number of benzene rings is 1. The van der Waals surface area contributed by atoms with Crippen molar-refractivity contribution in [1.29, 1.82) is 5.26 Å². The van der Waals surface area contributed by atoms with Crippen molar-refractivity contribution in [3.8, 4) is 6.07 Å². The molecule has 0 bridgehead atoms. The number of allylic oxidation sites excluding steroid dienone is 5. The fourth-order valence-corrected chi connectivity index (χ4v) is 3.76. The molecule has 0 amide bonds. The van der Waals surface area contributed by atoms with Crippen molar-refractivity contribution in [2.24, 2.45) is 0 Å². The standard InChI is InChI=1S/C25H28FN5/c1-5-31(19(3)30(4)17-21-10-18(2)11-24(26)13-21)25-8-6-20(14-27)12-22(7-9-25)23-15-28-29-16-23/h6-7,9-11,13,15-16H,3,5,8,12,17H2,1-2,4H3,(H,28,29)/b20-6+,22-7+,25-9+. The second kappa shape index (κ2) is 9.94. The van der Waals surface area contributed by atoms with E-state index in [9.17, 15) is 9.65 Å². The zero-order valence-corrected chi connectivity index (χ0v) is 18.3. The molecule has 6 heteroatoms. The number of nitrogens with one attached hydrogen (secondary N) is 1. The van der Waals surface area contributed by atoms with Gasteiger partial charge in [0.25, 0.3) is 0 Å². The highest BCUT2D eigenvalue weighted by atomic mass is 19.1. The van der Waals surface area contributed by atoms with Gasteiger partial charge in [-0.05, 0) is 48.8 Å². The summed E-state index contributed by atoms with van der Waals surface area (Å²) in [5.41, 5.74) is 5.57. The summed E-state index contributed by atoms with van der Waals surface area (Å²) in [7, 11) is 1.96.